The molecule has 0 bridgehead atoms. The Morgan fingerprint density at radius 1 is 1.27 bits per heavy atom. The summed E-state index contributed by atoms with van der Waals surface area (Å²) in [6.07, 6.45) is 8.72. The van der Waals surface area contributed by atoms with Crippen molar-refractivity contribution in [2.24, 2.45) is 0 Å². The second kappa shape index (κ2) is 6.03. The zero-order chi connectivity index (χ0) is 15.5. The van der Waals surface area contributed by atoms with Crippen molar-refractivity contribution >= 4 is 17.7 Å². The minimum atomic E-state index is 0.402. The molecule has 3 aromatic rings. The maximum Gasteiger partial charge on any atom is 0.175 e. The molecule has 6 nitrogen and oxygen atoms in total. The normalized spacial score (nSPS) is 11.2. The number of ether oxygens (including phenoxy) is 1. The van der Waals surface area contributed by atoms with Crippen molar-refractivity contribution in [2.45, 2.75) is 6.92 Å². The van der Waals surface area contributed by atoms with Crippen LogP contribution in [0.2, 0.25) is 5.15 Å². The van der Waals surface area contributed by atoms with Crippen LogP contribution in [0.4, 0.5) is 0 Å². The number of rotatable bonds is 4. The van der Waals surface area contributed by atoms with Gasteiger partial charge in [-0.25, -0.2) is 14.3 Å². The quantitative estimate of drug-likeness (QED) is 0.548. The number of halogens is 1. The van der Waals surface area contributed by atoms with Gasteiger partial charge in [-0.2, -0.15) is 5.10 Å². The molecular weight excluding hydrogens is 302 g/mol. The molecule has 0 atom stereocenters. The van der Waals surface area contributed by atoms with Crippen LogP contribution < -0.4 is 0 Å². The van der Waals surface area contributed by atoms with Crippen molar-refractivity contribution in [1.29, 1.82) is 0 Å². The Kier molecular flexibility index (Phi) is 3.93. The van der Waals surface area contributed by atoms with Crippen LogP contribution >= 0.6 is 11.6 Å². The molecular formula is C15H14ClN5O. The second-order valence-electron chi connectivity index (χ2n) is 4.59. The molecule has 0 spiro atoms. The van der Waals surface area contributed by atoms with E-state index >= 15 is 0 Å². The lowest BCUT2D eigenvalue weighted by atomic mass is 10.2. The van der Waals surface area contributed by atoms with Crippen molar-refractivity contribution in [3.8, 4) is 11.5 Å². The van der Waals surface area contributed by atoms with Gasteiger partial charge in [0.1, 0.15) is 5.15 Å². The standard InChI is InChI=1S/C15H14ClN5O/c1-11-10-13(12(5-9-22-2)15(16)18-11)20-8-4-14(19-20)21-7-3-6-17-21/h3-10H,1-2H3/b9-5+. The van der Waals surface area contributed by atoms with E-state index in [2.05, 4.69) is 15.2 Å². The lowest BCUT2D eigenvalue weighted by Crippen LogP contribution is -2.03. The van der Waals surface area contributed by atoms with Crippen LogP contribution in [-0.4, -0.2) is 31.7 Å². The minimum absolute atomic E-state index is 0.402. The summed E-state index contributed by atoms with van der Waals surface area (Å²) in [5, 5.41) is 9.10. The van der Waals surface area contributed by atoms with E-state index in [1.165, 1.54) is 0 Å². The van der Waals surface area contributed by atoms with E-state index in [4.69, 9.17) is 16.3 Å². The van der Waals surface area contributed by atoms with Gasteiger partial charge in [-0.05, 0) is 25.1 Å². The number of aromatic nitrogens is 5. The maximum atomic E-state index is 6.25. The van der Waals surface area contributed by atoms with Crippen LogP contribution in [0.3, 0.4) is 0 Å². The van der Waals surface area contributed by atoms with Crippen molar-refractivity contribution in [1.82, 2.24) is 24.5 Å². The summed E-state index contributed by atoms with van der Waals surface area (Å²) < 4.78 is 8.41. The predicted molar refractivity (Wildman–Crippen MR) is 84.3 cm³/mol. The third kappa shape index (κ3) is 2.73. The van der Waals surface area contributed by atoms with Gasteiger partial charge in [0.05, 0.1) is 19.1 Å². The number of hydrogen-bond donors (Lipinski definition) is 0. The summed E-state index contributed by atoms with van der Waals surface area (Å²) >= 11 is 6.25. The fourth-order valence-corrected chi connectivity index (χ4v) is 2.38. The first kappa shape index (κ1) is 14.3. The van der Waals surface area contributed by atoms with Crippen LogP contribution in [0.25, 0.3) is 17.6 Å². The highest BCUT2D eigenvalue weighted by Crippen LogP contribution is 2.24. The fourth-order valence-electron chi connectivity index (χ4n) is 2.08. The lowest BCUT2D eigenvalue weighted by molar-refractivity contribution is 0.341. The van der Waals surface area contributed by atoms with Crippen molar-refractivity contribution in [2.75, 3.05) is 7.11 Å². The van der Waals surface area contributed by atoms with Gasteiger partial charge in [0.15, 0.2) is 5.82 Å². The Balaban J connectivity index is 2.09. The van der Waals surface area contributed by atoms with Gasteiger partial charge >= 0.3 is 0 Å². The molecule has 0 aliphatic heterocycles. The minimum Gasteiger partial charge on any atom is -0.504 e. The van der Waals surface area contributed by atoms with Gasteiger partial charge in [-0.3, -0.25) is 0 Å². The van der Waals surface area contributed by atoms with E-state index in [0.29, 0.717) is 5.15 Å². The third-order valence-electron chi connectivity index (χ3n) is 3.05. The Bertz CT molecular complexity index is 807. The molecule has 0 saturated heterocycles. The number of hydrogen-bond acceptors (Lipinski definition) is 4. The average molecular weight is 316 g/mol. The molecule has 7 heteroatoms. The van der Waals surface area contributed by atoms with Gasteiger partial charge in [0.2, 0.25) is 0 Å². The van der Waals surface area contributed by atoms with Gasteiger partial charge in [-0.1, -0.05) is 11.6 Å². The van der Waals surface area contributed by atoms with Crippen LogP contribution in [0, 0.1) is 6.92 Å². The Labute approximate surface area is 132 Å². The highest BCUT2D eigenvalue weighted by molar-refractivity contribution is 6.31. The summed E-state index contributed by atoms with van der Waals surface area (Å²) in [5.41, 5.74) is 2.37. The fraction of sp³-hybridized carbons (Fsp3) is 0.133. The predicted octanol–water partition coefficient (Wildman–Crippen LogP) is 3.03. The Morgan fingerprint density at radius 2 is 2.14 bits per heavy atom. The highest BCUT2D eigenvalue weighted by Gasteiger charge is 2.11. The number of pyridine rings is 1. The van der Waals surface area contributed by atoms with Gasteiger partial charge in [0.25, 0.3) is 0 Å². The van der Waals surface area contributed by atoms with Gasteiger partial charge in [0, 0.05) is 35.9 Å². The van der Waals surface area contributed by atoms with Crippen LogP contribution in [0.15, 0.2) is 43.1 Å². The van der Waals surface area contributed by atoms with Crippen molar-refractivity contribution in [3.63, 3.8) is 0 Å². The monoisotopic (exact) mass is 315 g/mol. The SMILES string of the molecule is CO/C=C/c1c(-n2ccc(-n3cccn3)n2)cc(C)nc1Cl. The lowest BCUT2D eigenvalue weighted by Gasteiger charge is -2.09. The molecule has 0 unspecified atom stereocenters. The largest absolute Gasteiger partial charge is 0.504 e. The molecule has 0 saturated carbocycles. The molecule has 3 heterocycles. The smallest absolute Gasteiger partial charge is 0.175 e. The molecule has 0 amide bonds. The Morgan fingerprint density at radius 3 is 2.86 bits per heavy atom. The summed E-state index contributed by atoms with van der Waals surface area (Å²) in [6.45, 7) is 1.89. The van der Waals surface area contributed by atoms with E-state index in [1.54, 1.807) is 35.0 Å². The second-order valence-corrected chi connectivity index (χ2v) is 4.95. The first-order chi connectivity index (χ1) is 10.7. The molecule has 112 valence electrons. The van der Waals surface area contributed by atoms with Crippen molar-refractivity contribution < 1.29 is 4.74 Å². The molecule has 0 N–H and O–H groups in total. The average Bonchev–Trinajstić information content (AvgIpc) is 3.16. The molecule has 3 aromatic heterocycles. The molecule has 0 aromatic carbocycles. The van der Waals surface area contributed by atoms with Crippen molar-refractivity contribution in [3.05, 3.63) is 59.5 Å². The van der Waals surface area contributed by atoms with E-state index in [-0.39, 0.29) is 0 Å². The molecule has 3 rings (SSSR count). The topological polar surface area (TPSA) is 57.8 Å². The molecule has 0 radical (unpaired) electrons. The third-order valence-corrected chi connectivity index (χ3v) is 3.34. The summed E-state index contributed by atoms with van der Waals surface area (Å²) in [5.74, 6) is 0.720. The molecule has 0 fully saturated rings. The van der Waals surface area contributed by atoms with Crippen LogP contribution in [-0.2, 0) is 4.74 Å². The van der Waals surface area contributed by atoms with Crippen LogP contribution in [0.1, 0.15) is 11.3 Å². The van der Waals surface area contributed by atoms with E-state index in [9.17, 15) is 0 Å². The van der Waals surface area contributed by atoms with E-state index in [1.807, 2.05) is 37.5 Å². The number of nitrogens with zero attached hydrogens (tertiary/aromatic N) is 5. The van der Waals surface area contributed by atoms with Gasteiger partial charge in [-0.15, -0.1) is 5.10 Å². The first-order valence-electron chi connectivity index (χ1n) is 6.61. The number of aryl methyl sites for hydroxylation is 1. The maximum absolute atomic E-state index is 6.25. The highest BCUT2D eigenvalue weighted by atomic mass is 35.5. The molecule has 0 aliphatic carbocycles. The van der Waals surface area contributed by atoms with E-state index in [0.717, 1.165) is 22.8 Å². The van der Waals surface area contributed by atoms with Crippen LogP contribution in [0.5, 0.6) is 0 Å². The molecule has 22 heavy (non-hydrogen) atoms. The van der Waals surface area contributed by atoms with Gasteiger partial charge < -0.3 is 4.74 Å². The Hall–Kier alpha value is -2.60. The summed E-state index contributed by atoms with van der Waals surface area (Å²) in [7, 11) is 1.58. The van der Waals surface area contributed by atoms with E-state index < -0.39 is 0 Å². The molecule has 0 aliphatic rings. The number of methoxy groups -OCH3 is 1. The first-order valence-corrected chi connectivity index (χ1v) is 6.99. The summed E-state index contributed by atoms with van der Waals surface area (Å²) in [6, 6.07) is 5.64. The summed E-state index contributed by atoms with van der Waals surface area (Å²) in [4.78, 5) is 4.27. The zero-order valence-corrected chi connectivity index (χ0v) is 12.9. The zero-order valence-electron chi connectivity index (χ0n) is 12.1.